The van der Waals surface area contributed by atoms with Crippen molar-refractivity contribution >= 4 is 0 Å². The molecule has 0 atom stereocenters. The molecule has 0 aliphatic heterocycles. The van der Waals surface area contributed by atoms with Gasteiger partial charge in [-0.1, -0.05) is 26.0 Å². The molecule has 0 amide bonds. The van der Waals surface area contributed by atoms with Crippen LogP contribution in [0.25, 0.3) is 0 Å². The van der Waals surface area contributed by atoms with Gasteiger partial charge in [0.05, 0.1) is 0 Å². The number of nitrogens with zero attached hydrogens (tertiary/aromatic N) is 3. The van der Waals surface area contributed by atoms with Gasteiger partial charge >= 0.3 is 0 Å². The molecule has 0 aromatic heterocycles. The quantitative estimate of drug-likeness (QED) is 0.406. The Morgan fingerprint density at radius 3 is 1.92 bits per heavy atom. The van der Waals surface area contributed by atoms with Crippen LogP contribution in [-0.2, 0) is 0 Å². The molecule has 2 N–H and O–H groups in total. The van der Waals surface area contributed by atoms with Crippen LogP contribution in [0.5, 0.6) is 0 Å². The van der Waals surface area contributed by atoms with E-state index in [1.54, 1.807) is 0 Å². The van der Waals surface area contributed by atoms with Gasteiger partial charge in [0.25, 0.3) is 0 Å². The number of nitrogens with two attached hydrogens (primary N) is 1. The Balaban J connectivity index is 5.10. The second kappa shape index (κ2) is 4.25. The predicted molar refractivity (Wildman–Crippen MR) is 54.9 cm³/mol. The Morgan fingerprint density at radius 2 is 1.69 bits per heavy atom. The van der Waals surface area contributed by atoms with Gasteiger partial charge in [-0.2, -0.15) is 0 Å². The van der Waals surface area contributed by atoms with Gasteiger partial charge in [0, 0.05) is 14.1 Å². The fraction of sp³-hybridized carbons (Fsp3) is 0.778. The Hall–Kier alpha value is -1.06. The van der Waals surface area contributed by atoms with E-state index in [1.807, 2.05) is 25.9 Å². The van der Waals surface area contributed by atoms with Crippen molar-refractivity contribution in [1.29, 1.82) is 0 Å². The van der Waals surface area contributed by atoms with Crippen molar-refractivity contribution in [3.63, 3.8) is 0 Å². The van der Waals surface area contributed by atoms with E-state index in [2.05, 4.69) is 31.1 Å². The van der Waals surface area contributed by atoms with Crippen molar-refractivity contribution in [2.75, 3.05) is 14.1 Å². The summed E-state index contributed by atoms with van der Waals surface area (Å²) in [5.41, 5.74) is 1.26. The number of allylic oxidation sites excluding steroid dienone is 1. The van der Waals surface area contributed by atoms with Crippen LogP contribution in [-0.4, -0.2) is 19.0 Å². The lowest BCUT2D eigenvalue weighted by Crippen LogP contribution is -2.17. The molecule has 0 spiro atoms. The molecule has 0 heterocycles. The van der Waals surface area contributed by atoms with Gasteiger partial charge in [-0.3, -0.25) is 0 Å². The Kier molecular flexibility index (Phi) is 3.91. The molecule has 0 rings (SSSR count). The van der Waals surface area contributed by atoms with Gasteiger partial charge in [-0.25, -0.2) is 0 Å². The van der Waals surface area contributed by atoms with Crippen LogP contribution in [0.4, 0.5) is 0 Å². The standard InChI is InChI=1S/C9H20N4/c1-7(9(2,3)4)8(11-12-10)13(5)6/h1-6H3,(H2,10,11)/b8-7-. The summed E-state index contributed by atoms with van der Waals surface area (Å²) in [6.45, 7) is 8.46. The Bertz CT molecular complexity index is 220. The maximum Gasteiger partial charge on any atom is 0.151 e. The number of rotatable bonds is 2. The van der Waals surface area contributed by atoms with E-state index in [-0.39, 0.29) is 5.41 Å². The highest BCUT2D eigenvalue weighted by Crippen LogP contribution is 2.28. The highest BCUT2D eigenvalue weighted by Gasteiger charge is 2.18. The lowest BCUT2D eigenvalue weighted by molar-refractivity contribution is 0.434. The largest absolute Gasteiger partial charge is 0.361 e. The minimum absolute atomic E-state index is 0.0911. The van der Waals surface area contributed by atoms with Crippen molar-refractivity contribution in [3.05, 3.63) is 11.4 Å². The van der Waals surface area contributed by atoms with Gasteiger partial charge < -0.3 is 10.7 Å². The van der Waals surface area contributed by atoms with Gasteiger partial charge in [-0.15, -0.1) is 5.11 Å². The maximum atomic E-state index is 5.05. The smallest absolute Gasteiger partial charge is 0.151 e. The molecule has 0 saturated carbocycles. The van der Waals surface area contributed by atoms with E-state index in [0.717, 1.165) is 5.82 Å². The first-order valence-corrected chi connectivity index (χ1v) is 4.30. The van der Waals surface area contributed by atoms with Crippen LogP contribution in [0.2, 0.25) is 0 Å². The summed E-state index contributed by atoms with van der Waals surface area (Å²) in [7, 11) is 3.86. The lowest BCUT2D eigenvalue weighted by atomic mass is 9.87. The van der Waals surface area contributed by atoms with E-state index < -0.39 is 0 Å². The second-order valence-electron chi connectivity index (χ2n) is 4.31. The molecular formula is C9H20N4. The Labute approximate surface area is 80.5 Å². The van der Waals surface area contributed by atoms with Crippen LogP contribution in [0.3, 0.4) is 0 Å². The molecule has 0 bridgehead atoms. The van der Waals surface area contributed by atoms with Gasteiger partial charge in [0.1, 0.15) is 0 Å². The maximum absolute atomic E-state index is 5.05. The summed E-state index contributed by atoms with van der Waals surface area (Å²) in [6, 6.07) is 0. The average molecular weight is 184 g/mol. The molecule has 13 heavy (non-hydrogen) atoms. The molecule has 4 nitrogen and oxygen atoms in total. The first kappa shape index (κ1) is 11.9. The summed E-state index contributed by atoms with van der Waals surface area (Å²) in [5, 5.41) is 7.22. The zero-order valence-corrected chi connectivity index (χ0v) is 9.42. The van der Waals surface area contributed by atoms with Crippen LogP contribution >= 0.6 is 0 Å². The topological polar surface area (TPSA) is 54.0 Å². The summed E-state index contributed by atoms with van der Waals surface area (Å²) in [6.07, 6.45) is 0. The first-order chi connectivity index (χ1) is 5.80. The van der Waals surface area contributed by atoms with Crippen LogP contribution in [0, 0.1) is 5.41 Å². The third-order valence-electron chi connectivity index (χ3n) is 2.04. The third kappa shape index (κ3) is 3.44. The molecule has 0 saturated heterocycles. The predicted octanol–water partition coefficient (Wildman–Crippen LogP) is 2.15. The third-order valence-corrected chi connectivity index (χ3v) is 2.04. The van der Waals surface area contributed by atoms with Crippen molar-refractivity contribution < 1.29 is 0 Å². The Morgan fingerprint density at radius 1 is 1.23 bits per heavy atom. The van der Waals surface area contributed by atoms with E-state index in [4.69, 9.17) is 5.84 Å². The monoisotopic (exact) mass is 184 g/mol. The normalized spacial score (nSPS) is 14.6. The molecule has 0 fully saturated rings. The van der Waals surface area contributed by atoms with Gasteiger partial charge in [-0.05, 0) is 17.9 Å². The summed E-state index contributed by atoms with van der Waals surface area (Å²) < 4.78 is 0. The molecule has 4 heteroatoms. The lowest BCUT2D eigenvalue weighted by Gasteiger charge is -2.24. The van der Waals surface area contributed by atoms with Gasteiger partial charge in [0.15, 0.2) is 5.82 Å². The highest BCUT2D eigenvalue weighted by atomic mass is 15.4. The van der Waals surface area contributed by atoms with Crippen LogP contribution in [0.1, 0.15) is 27.7 Å². The molecule has 76 valence electrons. The molecule has 0 aromatic carbocycles. The van der Waals surface area contributed by atoms with Crippen molar-refractivity contribution in [1.82, 2.24) is 4.90 Å². The minimum Gasteiger partial charge on any atom is -0.361 e. The van der Waals surface area contributed by atoms with E-state index in [9.17, 15) is 0 Å². The zero-order chi connectivity index (χ0) is 10.6. The SMILES string of the molecule is C/C(=C(\N=N/N)N(C)C)C(C)(C)C. The van der Waals surface area contributed by atoms with E-state index in [0.29, 0.717) is 0 Å². The zero-order valence-electron chi connectivity index (χ0n) is 9.42. The van der Waals surface area contributed by atoms with Gasteiger partial charge in [0.2, 0.25) is 0 Å². The fourth-order valence-corrected chi connectivity index (χ4v) is 0.890. The molecular weight excluding hydrogens is 164 g/mol. The molecule has 0 radical (unpaired) electrons. The number of hydrogen-bond donors (Lipinski definition) is 1. The molecule has 0 aliphatic rings. The number of hydrogen-bond acceptors (Lipinski definition) is 3. The molecule has 0 aliphatic carbocycles. The fourth-order valence-electron chi connectivity index (χ4n) is 0.890. The first-order valence-electron chi connectivity index (χ1n) is 4.30. The molecule has 0 aromatic rings. The summed E-state index contributed by atoms with van der Waals surface area (Å²) in [5.74, 6) is 5.87. The average Bonchev–Trinajstić information content (AvgIpc) is 1.96. The van der Waals surface area contributed by atoms with Crippen LogP contribution < -0.4 is 5.84 Å². The second-order valence-corrected chi connectivity index (χ2v) is 4.31. The summed E-state index contributed by atoms with van der Waals surface area (Å²) >= 11 is 0. The highest BCUT2D eigenvalue weighted by molar-refractivity contribution is 5.14. The van der Waals surface area contributed by atoms with E-state index in [1.165, 1.54) is 5.57 Å². The van der Waals surface area contributed by atoms with Crippen molar-refractivity contribution in [2.45, 2.75) is 27.7 Å². The molecule has 0 unspecified atom stereocenters. The van der Waals surface area contributed by atoms with Crippen molar-refractivity contribution in [3.8, 4) is 0 Å². The minimum atomic E-state index is 0.0911. The van der Waals surface area contributed by atoms with E-state index >= 15 is 0 Å². The van der Waals surface area contributed by atoms with Crippen molar-refractivity contribution in [2.24, 2.45) is 21.6 Å². The van der Waals surface area contributed by atoms with Crippen LogP contribution in [0.15, 0.2) is 21.7 Å². The summed E-state index contributed by atoms with van der Waals surface area (Å²) in [4.78, 5) is 1.91.